The lowest BCUT2D eigenvalue weighted by molar-refractivity contribution is -0.143. The molecule has 0 spiro atoms. The monoisotopic (exact) mass is 523 g/mol. The van der Waals surface area contributed by atoms with Crippen molar-refractivity contribution in [2.45, 2.75) is 49.9 Å². The van der Waals surface area contributed by atoms with Gasteiger partial charge in [-0.1, -0.05) is 0 Å². The lowest BCUT2D eigenvalue weighted by Crippen LogP contribution is -2.57. The van der Waals surface area contributed by atoms with Crippen molar-refractivity contribution in [3.63, 3.8) is 0 Å². The lowest BCUT2D eigenvalue weighted by Gasteiger charge is -2.24. The number of thioether (sulfide) groups is 1. The zero-order chi connectivity index (χ0) is 26.3. The SMILES string of the molecule is CSCCC(NC(=O)C(N)CS)C(=O)NC(CC(=O)O)C(=O)NC(CCCN=C(N)N)C(=O)O. The van der Waals surface area contributed by atoms with Crippen LogP contribution in [0.15, 0.2) is 4.99 Å². The molecule has 0 aromatic carbocycles. The maximum absolute atomic E-state index is 12.8. The Balaban J connectivity index is 5.39. The zero-order valence-corrected chi connectivity index (χ0v) is 20.4. The van der Waals surface area contributed by atoms with E-state index in [1.807, 2.05) is 0 Å². The fourth-order valence-corrected chi connectivity index (χ4v) is 3.19. The molecule has 0 saturated heterocycles. The molecule has 0 aliphatic carbocycles. The van der Waals surface area contributed by atoms with Crippen LogP contribution in [-0.4, -0.2) is 94.3 Å². The van der Waals surface area contributed by atoms with Crippen LogP contribution in [0.25, 0.3) is 0 Å². The number of hydrogen-bond acceptors (Lipinski definition) is 9. The van der Waals surface area contributed by atoms with Gasteiger partial charge in [0.25, 0.3) is 0 Å². The van der Waals surface area contributed by atoms with E-state index < -0.39 is 60.2 Å². The summed E-state index contributed by atoms with van der Waals surface area (Å²) < 4.78 is 0. The number of thiol groups is 1. The molecule has 0 aliphatic rings. The Morgan fingerprint density at radius 1 is 0.941 bits per heavy atom. The van der Waals surface area contributed by atoms with Crippen molar-refractivity contribution in [3.05, 3.63) is 0 Å². The van der Waals surface area contributed by atoms with E-state index in [4.69, 9.17) is 22.3 Å². The number of carbonyl (C=O) groups is 5. The summed E-state index contributed by atoms with van der Waals surface area (Å²) in [6.07, 6.45) is 1.34. The van der Waals surface area contributed by atoms with Crippen molar-refractivity contribution in [1.82, 2.24) is 16.0 Å². The van der Waals surface area contributed by atoms with Gasteiger partial charge in [-0.05, 0) is 31.3 Å². The van der Waals surface area contributed by atoms with Crippen LogP contribution >= 0.6 is 24.4 Å². The number of rotatable bonds is 17. The molecule has 0 radical (unpaired) electrons. The first-order valence-corrected chi connectivity index (χ1v) is 12.2. The Morgan fingerprint density at radius 3 is 2.00 bits per heavy atom. The molecule has 0 saturated carbocycles. The molecule has 4 unspecified atom stereocenters. The molecule has 14 nitrogen and oxygen atoms in total. The van der Waals surface area contributed by atoms with E-state index in [9.17, 15) is 29.1 Å². The number of amides is 3. The second-order valence-corrected chi connectivity index (χ2v) is 8.49. The van der Waals surface area contributed by atoms with Crippen LogP contribution in [0, 0.1) is 0 Å². The number of hydrogen-bond donors (Lipinski definition) is 9. The zero-order valence-electron chi connectivity index (χ0n) is 18.7. The van der Waals surface area contributed by atoms with Gasteiger partial charge < -0.3 is 43.4 Å². The minimum Gasteiger partial charge on any atom is -0.481 e. The number of nitrogens with one attached hydrogen (secondary N) is 3. The molecule has 4 atom stereocenters. The maximum Gasteiger partial charge on any atom is 0.326 e. The van der Waals surface area contributed by atoms with E-state index >= 15 is 0 Å². The fraction of sp³-hybridized carbons (Fsp3) is 0.667. The molecule has 16 heteroatoms. The quantitative estimate of drug-likeness (QED) is 0.0403. The van der Waals surface area contributed by atoms with Crippen molar-refractivity contribution in [2.24, 2.45) is 22.2 Å². The second-order valence-electron chi connectivity index (χ2n) is 7.14. The second kappa shape index (κ2) is 16.8. The summed E-state index contributed by atoms with van der Waals surface area (Å²) in [5.74, 6) is -4.87. The van der Waals surface area contributed by atoms with Gasteiger partial charge in [0, 0.05) is 12.3 Å². The molecular weight excluding hydrogens is 490 g/mol. The first-order valence-electron chi connectivity index (χ1n) is 10.2. The minimum atomic E-state index is -1.59. The average molecular weight is 524 g/mol. The summed E-state index contributed by atoms with van der Waals surface area (Å²) in [5.41, 5.74) is 16.0. The van der Waals surface area contributed by atoms with Crippen LogP contribution in [-0.2, 0) is 24.0 Å². The highest BCUT2D eigenvalue weighted by Crippen LogP contribution is 2.05. The number of carboxylic acids is 2. The molecule has 34 heavy (non-hydrogen) atoms. The van der Waals surface area contributed by atoms with Crippen LogP contribution in [0.2, 0.25) is 0 Å². The summed E-state index contributed by atoms with van der Waals surface area (Å²) in [4.78, 5) is 64.0. The van der Waals surface area contributed by atoms with Crippen molar-refractivity contribution in [2.75, 3.05) is 24.3 Å². The molecule has 0 aromatic rings. The largest absolute Gasteiger partial charge is 0.481 e. The van der Waals surface area contributed by atoms with Crippen molar-refractivity contribution in [1.29, 1.82) is 0 Å². The maximum atomic E-state index is 12.8. The third kappa shape index (κ3) is 13.1. The molecule has 194 valence electrons. The van der Waals surface area contributed by atoms with Gasteiger partial charge in [0.2, 0.25) is 17.7 Å². The van der Waals surface area contributed by atoms with Crippen LogP contribution < -0.4 is 33.2 Å². The molecule has 0 bridgehead atoms. The van der Waals surface area contributed by atoms with E-state index in [0.717, 1.165) is 0 Å². The highest BCUT2D eigenvalue weighted by Gasteiger charge is 2.31. The van der Waals surface area contributed by atoms with Gasteiger partial charge in [-0.25, -0.2) is 4.79 Å². The van der Waals surface area contributed by atoms with Gasteiger partial charge >= 0.3 is 11.9 Å². The molecule has 0 rings (SSSR count). The average Bonchev–Trinajstić information content (AvgIpc) is 2.76. The topological polar surface area (TPSA) is 252 Å². The highest BCUT2D eigenvalue weighted by atomic mass is 32.2. The van der Waals surface area contributed by atoms with E-state index in [2.05, 4.69) is 33.6 Å². The van der Waals surface area contributed by atoms with Gasteiger partial charge in [-0.2, -0.15) is 24.4 Å². The molecule has 0 aromatic heterocycles. The number of nitrogens with two attached hydrogens (primary N) is 3. The van der Waals surface area contributed by atoms with E-state index in [-0.39, 0.29) is 37.5 Å². The van der Waals surface area contributed by atoms with Gasteiger partial charge in [0.15, 0.2) is 5.96 Å². The molecule has 0 fully saturated rings. The minimum absolute atomic E-state index is 0.0342. The first-order chi connectivity index (χ1) is 15.9. The Labute approximate surface area is 206 Å². The summed E-state index contributed by atoms with van der Waals surface area (Å²) in [6.45, 7) is 0.127. The van der Waals surface area contributed by atoms with Crippen molar-refractivity contribution < 1.29 is 34.2 Å². The van der Waals surface area contributed by atoms with Gasteiger partial charge in [-0.3, -0.25) is 24.2 Å². The number of aliphatic carboxylic acids is 2. The van der Waals surface area contributed by atoms with E-state index in [0.29, 0.717) is 5.75 Å². The van der Waals surface area contributed by atoms with Gasteiger partial charge in [0.1, 0.15) is 18.1 Å². The van der Waals surface area contributed by atoms with Crippen LogP contribution in [0.5, 0.6) is 0 Å². The standard InChI is InChI=1S/C18H33N7O7S2/c1-34-6-4-10(23-14(28)9(19)8-33)15(29)25-12(7-13(26)27)16(30)24-11(17(31)32)3-2-5-22-18(20)21/h9-12,33H,2-8,19H2,1H3,(H,23,28)(H,24,30)(H,25,29)(H,26,27)(H,31,32)(H4,20,21,22). The predicted molar refractivity (Wildman–Crippen MR) is 130 cm³/mol. The molecule has 0 aliphatic heterocycles. The lowest BCUT2D eigenvalue weighted by atomic mass is 10.1. The van der Waals surface area contributed by atoms with Gasteiger partial charge in [0.05, 0.1) is 12.5 Å². The van der Waals surface area contributed by atoms with Crippen LogP contribution in [0.4, 0.5) is 0 Å². The van der Waals surface area contributed by atoms with Crippen LogP contribution in [0.3, 0.4) is 0 Å². The van der Waals surface area contributed by atoms with Crippen molar-refractivity contribution in [3.8, 4) is 0 Å². The number of carbonyl (C=O) groups excluding carboxylic acids is 3. The molecule has 3 amide bonds. The predicted octanol–water partition coefficient (Wildman–Crippen LogP) is -2.94. The summed E-state index contributed by atoms with van der Waals surface area (Å²) in [5, 5.41) is 25.5. The molecule has 11 N–H and O–H groups in total. The van der Waals surface area contributed by atoms with E-state index in [1.54, 1.807) is 6.26 Å². The first kappa shape index (κ1) is 31.3. The van der Waals surface area contributed by atoms with Gasteiger partial charge in [-0.15, -0.1) is 0 Å². The van der Waals surface area contributed by atoms with Crippen LogP contribution in [0.1, 0.15) is 25.7 Å². The van der Waals surface area contributed by atoms with Crippen molar-refractivity contribution >= 4 is 60.0 Å². The Kier molecular flexibility index (Phi) is 15.5. The molecule has 0 heterocycles. The number of guanidine groups is 1. The fourth-order valence-electron chi connectivity index (χ4n) is 2.56. The summed E-state index contributed by atoms with van der Waals surface area (Å²) in [6, 6.07) is -5.02. The smallest absolute Gasteiger partial charge is 0.326 e. The number of nitrogens with zero attached hydrogens (tertiary/aromatic N) is 1. The van der Waals surface area contributed by atoms with E-state index in [1.165, 1.54) is 11.8 Å². The third-order valence-corrected chi connectivity index (χ3v) is 5.39. The Bertz CT molecular complexity index is 750. The summed E-state index contributed by atoms with van der Waals surface area (Å²) in [7, 11) is 0. The number of aliphatic imine (C=N–C) groups is 1. The third-order valence-electron chi connectivity index (χ3n) is 4.35. The normalized spacial score (nSPS) is 14.1. The Morgan fingerprint density at radius 2 is 1.50 bits per heavy atom. The highest BCUT2D eigenvalue weighted by molar-refractivity contribution is 7.98. The Hall–Kier alpha value is -2.72. The summed E-state index contributed by atoms with van der Waals surface area (Å²) >= 11 is 5.34. The number of carboxylic acid groups (broad SMARTS) is 2. The molecular formula is C18H33N7O7S2.